The number of hydrogen-bond acceptors (Lipinski definition) is 3. The van der Waals surface area contributed by atoms with Crippen LogP contribution in [0.5, 0.6) is 0 Å². The van der Waals surface area contributed by atoms with Crippen molar-refractivity contribution in [2.24, 2.45) is 0 Å². The van der Waals surface area contributed by atoms with Gasteiger partial charge in [0.2, 0.25) is 0 Å². The van der Waals surface area contributed by atoms with Crippen molar-refractivity contribution < 1.29 is 4.79 Å². The molecule has 116 valence electrons. The molecule has 2 aromatic heterocycles. The number of halogens is 1. The summed E-state index contributed by atoms with van der Waals surface area (Å²) in [5.74, 6) is 0. The zero-order valence-electron chi connectivity index (χ0n) is 12.1. The number of urea groups is 1. The maximum atomic E-state index is 12.0. The number of carbonyl (C=O) groups is 1. The molecule has 0 aliphatic rings. The highest BCUT2D eigenvalue weighted by atomic mass is 35.5. The largest absolute Gasteiger partial charge is 0.334 e. The van der Waals surface area contributed by atoms with Crippen molar-refractivity contribution >= 4 is 34.7 Å². The minimum atomic E-state index is -0.299. The summed E-state index contributed by atoms with van der Waals surface area (Å²) in [6.45, 7) is 0.414. The van der Waals surface area contributed by atoms with Crippen molar-refractivity contribution in [2.45, 2.75) is 6.54 Å². The molecule has 0 bridgehead atoms. The lowest BCUT2D eigenvalue weighted by atomic mass is 10.2. The Hall–Kier alpha value is -2.37. The van der Waals surface area contributed by atoms with Crippen LogP contribution < -0.4 is 10.6 Å². The molecule has 23 heavy (non-hydrogen) atoms. The van der Waals surface area contributed by atoms with E-state index >= 15 is 0 Å². The lowest BCUT2D eigenvalue weighted by Crippen LogP contribution is -2.28. The Morgan fingerprint density at radius 2 is 2.04 bits per heavy atom. The lowest BCUT2D eigenvalue weighted by Gasteiger charge is -2.09. The van der Waals surface area contributed by atoms with E-state index in [1.54, 1.807) is 29.7 Å². The molecule has 6 heteroatoms. The Morgan fingerprint density at radius 1 is 1.17 bits per heavy atom. The Balaban J connectivity index is 1.61. The summed E-state index contributed by atoms with van der Waals surface area (Å²) >= 11 is 7.65. The number of para-hydroxylation sites is 1. The molecule has 2 N–H and O–H groups in total. The van der Waals surface area contributed by atoms with Gasteiger partial charge in [0.1, 0.15) is 0 Å². The highest BCUT2D eigenvalue weighted by molar-refractivity contribution is 7.13. The number of amides is 2. The zero-order valence-corrected chi connectivity index (χ0v) is 13.7. The van der Waals surface area contributed by atoms with E-state index in [1.807, 2.05) is 41.8 Å². The summed E-state index contributed by atoms with van der Waals surface area (Å²) in [6.07, 6.45) is 1.75. The van der Waals surface area contributed by atoms with Gasteiger partial charge in [0.05, 0.1) is 21.3 Å². The predicted octanol–water partition coefficient (Wildman–Crippen LogP) is 4.79. The van der Waals surface area contributed by atoms with Crippen molar-refractivity contribution in [2.75, 3.05) is 5.32 Å². The molecule has 2 heterocycles. The van der Waals surface area contributed by atoms with Gasteiger partial charge in [-0.3, -0.25) is 4.98 Å². The van der Waals surface area contributed by atoms with E-state index in [9.17, 15) is 4.79 Å². The molecular formula is C17H14ClN3OS. The highest BCUT2D eigenvalue weighted by Gasteiger charge is 2.06. The van der Waals surface area contributed by atoms with Gasteiger partial charge in [0.15, 0.2) is 0 Å². The summed E-state index contributed by atoms with van der Waals surface area (Å²) in [5, 5.41) is 8.06. The maximum Gasteiger partial charge on any atom is 0.319 e. The molecule has 0 saturated carbocycles. The van der Waals surface area contributed by atoms with Crippen LogP contribution in [0.3, 0.4) is 0 Å². The summed E-state index contributed by atoms with van der Waals surface area (Å²) in [5.41, 5.74) is 2.48. The third-order valence-corrected chi connectivity index (χ3v) is 4.40. The van der Waals surface area contributed by atoms with E-state index in [2.05, 4.69) is 15.6 Å². The number of hydrogen-bond donors (Lipinski definition) is 2. The molecule has 4 nitrogen and oxygen atoms in total. The van der Waals surface area contributed by atoms with Crippen LogP contribution in [-0.2, 0) is 6.54 Å². The monoisotopic (exact) mass is 343 g/mol. The number of benzene rings is 1. The summed E-state index contributed by atoms with van der Waals surface area (Å²) in [4.78, 5) is 17.4. The zero-order chi connectivity index (χ0) is 16.1. The first kappa shape index (κ1) is 15.5. The van der Waals surface area contributed by atoms with E-state index in [0.717, 1.165) is 16.1 Å². The van der Waals surface area contributed by atoms with Crippen LogP contribution in [0.2, 0.25) is 5.02 Å². The van der Waals surface area contributed by atoms with E-state index in [1.165, 1.54) is 0 Å². The molecule has 0 radical (unpaired) electrons. The summed E-state index contributed by atoms with van der Waals surface area (Å²) in [7, 11) is 0. The molecule has 2 amide bonds. The third-order valence-electron chi connectivity index (χ3n) is 3.17. The summed E-state index contributed by atoms with van der Waals surface area (Å²) < 4.78 is 0. The van der Waals surface area contributed by atoms with Crippen LogP contribution >= 0.6 is 22.9 Å². The first-order valence-electron chi connectivity index (χ1n) is 7.00. The van der Waals surface area contributed by atoms with Gasteiger partial charge in [0, 0.05) is 12.7 Å². The number of thiophene rings is 1. The Morgan fingerprint density at radius 3 is 2.83 bits per heavy atom. The van der Waals surface area contributed by atoms with Crippen LogP contribution in [0.4, 0.5) is 10.5 Å². The van der Waals surface area contributed by atoms with Gasteiger partial charge in [-0.15, -0.1) is 11.3 Å². The summed E-state index contributed by atoms with van der Waals surface area (Å²) in [6, 6.07) is 14.7. The van der Waals surface area contributed by atoms with Crippen molar-refractivity contribution in [1.82, 2.24) is 10.3 Å². The maximum absolute atomic E-state index is 12.0. The van der Waals surface area contributed by atoms with Crippen LogP contribution in [0.15, 0.2) is 60.1 Å². The number of anilines is 1. The first-order chi connectivity index (χ1) is 11.2. The number of rotatable bonds is 4. The van der Waals surface area contributed by atoms with Gasteiger partial charge in [-0.25, -0.2) is 4.79 Å². The molecular weight excluding hydrogens is 330 g/mol. The van der Waals surface area contributed by atoms with Crippen LogP contribution in [0, 0.1) is 0 Å². The van der Waals surface area contributed by atoms with Crippen LogP contribution in [-0.4, -0.2) is 11.0 Å². The number of nitrogens with zero attached hydrogens (tertiary/aromatic N) is 1. The lowest BCUT2D eigenvalue weighted by molar-refractivity contribution is 0.251. The Labute approximate surface area is 143 Å². The second-order valence-electron chi connectivity index (χ2n) is 4.81. The fourth-order valence-corrected chi connectivity index (χ4v) is 2.93. The van der Waals surface area contributed by atoms with Gasteiger partial charge in [-0.2, -0.15) is 0 Å². The van der Waals surface area contributed by atoms with Crippen molar-refractivity contribution in [3.63, 3.8) is 0 Å². The molecule has 0 spiro atoms. The predicted molar refractivity (Wildman–Crippen MR) is 94.9 cm³/mol. The van der Waals surface area contributed by atoms with Gasteiger partial charge in [-0.1, -0.05) is 29.8 Å². The minimum Gasteiger partial charge on any atom is -0.334 e. The number of nitrogens with one attached hydrogen (secondary N) is 2. The number of carbonyl (C=O) groups excluding carboxylic acids is 1. The standard InChI is InChI=1S/C17H14ClN3OS/c18-13-4-1-2-5-14(13)21-17(22)20-11-12-7-8-19-15(10-12)16-6-3-9-23-16/h1-10H,11H2,(H2,20,21,22). The quantitative estimate of drug-likeness (QED) is 0.716. The molecule has 0 atom stereocenters. The third kappa shape index (κ3) is 4.09. The Bertz CT molecular complexity index is 805. The van der Waals surface area contributed by atoms with Crippen molar-refractivity contribution in [1.29, 1.82) is 0 Å². The Kier molecular flexibility index (Phi) is 4.90. The molecule has 3 aromatic rings. The normalized spacial score (nSPS) is 10.3. The highest BCUT2D eigenvalue weighted by Crippen LogP contribution is 2.23. The fraction of sp³-hybridized carbons (Fsp3) is 0.0588. The number of aromatic nitrogens is 1. The molecule has 0 unspecified atom stereocenters. The van der Waals surface area contributed by atoms with E-state index in [-0.39, 0.29) is 6.03 Å². The van der Waals surface area contributed by atoms with Gasteiger partial charge < -0.3 is 10.6 Å². The first-order valence-corrected chi connectivity index (χ1v) is 8.26. The smallest absolute Gasteiger partial charge is 0.319 e. The van der Waals surface area contributed by atoms with Crippen molar-refractivity contribution in [3.05, 3.63) is 70.7 Å². The van der Waals surface area contributed by atoms with E-state index in [0.29, 0.717) is 17.3 Å². The van der Waals surface area contributed by atoms with Crippen molar-refractivity contribution in [3.8, 4) is 10.6 Å². The molecule has 0 fully saturated rings. The second-order valence-corrected chi connectivity index (χ2v) is 6.17. The average molecular weight is 344 g/mol. The van der Waals surface area contributed by atoms with Gasteiger partial charge in [0.25, 0.3) is 0 Å². The molecule has 0 saturated heterocycles. The average Bonchev–Trinajstić information content (AvgIpc) is 3.10. The SMILES string of the molecule is O=C(NCc1ccnc(-c2cccs2)c1)Nc1ccccc1Cl. The molecule has 3 rings (SSSR count). The van der Waals surface area contributed by atoms with Crippen LogP contribution in [0.25, 0.3) is 10.6 Å². The molecule has 1 aromatic carbocycles. The van der Waals surface area contributed by atoms with E-state index in [4.69, 9.17) is 11.6 Å². The minimum absolute atomic E-state index is 0.299. The fourth-order valence-electron chi connectivity index (χ4n) is 2.05. The number of pyridine rings is 1. The van der Waals surface area contributed by atoms with Gasteiger partial charge in [-0.05, 0) is 41.3 Å². The van der Waals surface area contributed by atoms with E-state index < -0.39 is 0 Å². The van der Waals surface area contributed by atoms with Gasteiger partial charge >= 0.3 is 6.03 Å². The molecule has 0 aliphatic heterocycles. The molecule has 0 aliphatic carbocycles. The second kappa shape index (κ2) is 7.26. The van der Waals surface area contributed by atoms with Crippen LogP contribution in [0.1, 0.15) is 5.56 Å². The topological polar surface area (TPSA) is 54.0 Å².